The fourth-order valence-corrected chi connectivity index (χ4v) is 3.49. The topological polar surface area (TPSA) is 74.3 Å². The third kappa shape index (κ3) is 5.04. The summed E-state index contributed by atoms with van der Waals surface area (Å²) in [4.78, 5) is 31.0. The van der Waals surface area contributed by atoms with E-state index in [2.05, 4.69) is 20.5 Å². The zero-order valence-corrected chi connectivity index (χ0v) is 16.4. The lowest BCUT2D eigenvalue weighted by molar-refractivity contribution is -0.122. The highest BCUT2D eigenvalue weighted by molar-refractivity contribution is 5.98. The second kappa shape index (κ2) is 9.10. The summed E-state index contributed by atoms with van der Waals surface area (Å²) in [5.41, 5.74) is 1.64. The van der Waals surface area contributed by atoms with Crippen LogP contribution in [0.1, 0.15) is 42.2 Å². The summed E-state index contributed by atoms with van der Waals surface area (Å²) in [6, 6.07) is 6.21. The van der Waals surface area contributed by atoms with Crippen molar-refractivity contribution >= 4 is 22.7 Å². The van der Waals surface area contributed by atoms with Gasteiger partial charge in [-0.1, -0.05) is 6.92 Å². The molecule has 0 bridgehead atoms. The lowest BCUT2D eigenvalue weighted by Crippen LogP contribution is -2.47. The van der Waals surface area contributed by atoms with Crippen molar-refractivity contribution < 1.29 is 14.0 Å². The number of pyridine rings is 1. The number of piperidine rings is 1. The van der Waals surface area contributed by atoms with Crippen molar-refractivity contribution in [1.82, 2.24) is 20.5 Å². The van der Waals surface area contributed by atoms with Crippen LogP contribution in [0.2, 0.25) is 0 Å². The summed E-state index contributed by atoms with van der Waals surface area (Å²) < 4.78 is 13.4. The molecule has 1 saturated heterocycles. The molecule has 0 aliphatic carbocycles. The van der Waals surface area contributed by atoms with E-state index in [1.54, 1.807) is 19.1 Å². The van der Waals surface area contributed by atoms with Gasteiger partial charge in [0.25, 0.3) is 5.91 Å². The third-order valence-corrected chi connectivity index (χ3v) is 5.08. The average molecular weight is 386 g/mol. The maximum absolute atomic E-state index is 13.4. The fourth-order valence-electron chi connectivity index (χ4n) is 3.49. The number of likely N-dealkylation sites (tertiary alicyclic amines) is 1. The summed E-state index contributed by atoms with van der Waals surface area (Å²) in [7, 11) is 0. The number of hydrogen-bond donors (Lipinski definition) is 2. The molecule has 1 aliphatic heterocycles. The highest BCUT2D eigenvalue weighted by atomic mass is 19.1. The number of carbonyl (C=O) groups excluding carboxylic acids is 2. The molecule has 1 aromatic carbocycles. The molecule has 0 saturated carbocycles. The molecule has 1 aromatic heterocycles. The van der Waals surface area contributed by atoms with E-state index in [0.717, 1.165) is 37.7 Å². The van der Waals surface area contributed by atoms with Gasteiger partial charge in [-0.2, -0.15) is 0 Å². The molecule has 2 aromatic rings. The summed E-state index contributed by atoms with van der Waals surface area (Å²) in [5.74, 6) is -0.444. The second-order valence-electron chi connectivity index (χ2n) is 7.33. The molecule has 150 valence electrons. The lowest BCUT2D eigenvalue weighted by atomic mass is 10.0. The number of amides is 2. The van der Waals surface area contributed by atoms with E-state index in [9.17, 15) is 14.0 Å². The molecule has 1 fully saturated rings. The van der Waals surface area contributed by atoms with Crippen molar-refractivity contribution in [2.45, 2.75) is 39.2 Å². The number of hydrogen-bond acceptors (Lipinski definition) is 4. The Balaban J connectivity index is 1.56. The number of rotatable bonds is 6. The standard InChI is InChI=1S/C21H27FN4O2/c1-3-8-23-20(27)13-26-9-6-17(7-10-26)25-21(28)18-11-15-4-5-16(22)12-19(15)24-14(18)2/h4-5,11-12,17H,3,6-10,13H2,1-2H3,(H,23,27)(H,25,28). The first-order chi connectivity index (χ1) is 13.5. The molecule has 3 rings (SSSR count). The molecule has 7 heteroatoms. The maximum Gasteiger partial charge on any atom is 0.253 e. The molecule has 6 nitrogen and oxygen atoms in total. The van der Waals surface area contributed by atoms with Crippen LogP contribution in [-0.4, -0.2) is 53.9 Å². The van der Waals surface area contributed by atoms with E-state index in [1.807, 2.05) is 6.92 Å². The Labute approximate surface area is 164 Å². The van der Waals surface area contributed by atoms with Gasteiger partial charge in [0.05, 0.1) is 23.3 Å². The van der Waals surface area contributed by atoms with Crippen LogP contribution in [-0.2, 0) is 4.79 Å². The van der Waals surface area contributed by atoms with Crippen molar-refractivity contribution in [2.75, 3.05) is 26.2 Å². The Morgan fingerprint density at radius 1 is 1.25 bits per heavy atom. The number of carbonyl (C=O) groups is 2. The van der Waals surface area contributed by atoms with Crippen LogP contribution in [0.4, 0.5) is 4.39 Å². The molecule has 2 amide bonds. The molecular formula is C21H27FN4O2. The van der Waals surface area contributed by atoms with Crippen molar-refractivity contribution in [2.24, 2.45) is 0 Å². The highest BCUT2D eigenvalue weighted by Crippen LogP contribution is 2.19. The predicted molar refractivity (Wildman–Crippen MR) is 107 cm³/mol. The molecule has 0 radical (unpaired) electrons. The van der Waals surface area contributed by atoms with E-state index >= 15 is 0 Å². The first-order valence-electron chi connectivity index (χ1n) is 9.83. The van der Waals surface area contributed by atoms with Gasteiger partial charge in [0.15, 0.2) is 0 Å². The number of nitrogens with one attached hydrogen (secondary N) is 2. The summed E-state index contributed by atoms with van der Waals surface area (Å²) in [6.45, 7) is 6.45. The van der Waals surface area contributed by atoms with Gasteiger partial charge in [-0.3, -0.25) is 19.5 Å². The Morgan fingerprint density at radius 3 is 2.71 bits per heavy atom. The van der Waals surface area contributed by atoms with Crippen LogP contribution in [0.25, 0.3) is 10.9 Å². The lowest BCUT2D eigenvalue weighted by Gasteiger charge is -2.32. The minimum Gasteiger partial charge on any atom is -0.355 e. The zero-order chi connectivity index (χ0) is 20.1. The summed E-state index contributed by atoms with van der Waals surface area (Å²) in [6.07, 6.45) is 2.54. The Kier molecular flexibility index (Phi) is 6.57. The van der Waals surface area contributed by atoms with Crippen LogP contribution >= 0.6 is 0 Å². The zero-order valence-electron chi connectivity index (χ0n) is 16.4. The quantitative estimate of drug-likeness (QED) is 0.800. The molecular weight excluding hydrogens is 359 g/mol. The van der Waals surface area contributed by atoms with Gasteiger partial charge in [0, 0.05) is 37.1 Å². The molecule has 0 atom stereocenters. The van der Waals surface area contributed by atoms with Crippen LogP contribution in [0.3, 0.4) is 0 Å². The first-order valence-corrected chi connectivity index (χ1v) is 9.83. The average Bonchev–Trinajstić information content (AvgIpc) is 2.67. The van der Waals surface area contributed by atoms with Gasteiger partial charge in [-0.25, -0.2) is 4.39 Å². The smallest absolute Gasteiger partial charge is 0.253 e. The van der Waals surface area contributed by atoms with Crippen LogP contribution < -0.4 is 10.6 Å². The fraction of sp³-hybridized carbons (Fsp3) is 0.476. The largest absolute Gasteiger partial charge is 0.355 e. The molecule has 0 spiro atoms. The number of nitrogens with zero attached hydrogens (tertiary/aromatic N) is 2. The molecule has 2 N–H and O–H groups in total. The second-order valence-corrected chi connectivity index (χ2v) is 7.33. The maximum atomic E-state index is 13.4. The van der Waals surface area contributed by atoms with E-state index < -0.39 is 0 Å². The summed E-state index contributed by atoms with van der Waals surface area (Å²) in [5, 5.41) is 6.71. The van der Waals surface area contributed by atoms with Gasteiger partial charge in [-0.05, 0) is 44.4 Å². The minimum absolute atomic E-state index is 0.0543. The summed E-state index contributed by atoms with van der Waals surface area (Å²) >= 11 is 0. The van der Waals surface area contributed by atoms with Gasteiger partial charge >= 0.3 is 0 Å². The van der Waals surface area contributed by atoms with Crippen molar-refractivity contribution in [3.8, 4) is 0 Å². The van der Waals surface area contributed by atoms with E-state index in [1.165, 1.54) is 12.1 Å². The Hall–Kier alpha value is -2.54. The van der Waals surface area contributed by atoms with Gasteiger partial charge < -0.3 is 10.6 Å². The Bertz CT molecular complexity index is 863. The molecule has 0 unspecified atom stereocenters. The van der Waals surface area contributed by atoms with Crippen molar-refractivity contribution in [3.05, 3.63) is 41.3 Å². The van der Waals surface area contributed by atoms with Gasteiger partial charge in [-0.15, -0.1) is 0 Å². The van der Waals surface area contributed by atoms with Gasteiger partial charge in [0.1, 0.15) is 5.82 Å². The molecule has 1 aliphatic rings. The number of benzene rings is 1. The number of fused-ring (bicyclic) bond motifs is 1. The predicted octanol–water partition coefficient (Wildman–Crippen LogP) is 2.40. The van der Waals surface area contributed by atoms with Crippen molar-refractivity contribution in [3.63, 3.8) is 0 Å². The van der Waals surface area contributed by atoms with E-state index in [0.29, 0.717) is 29.9 Å². The molecule has 2 heterocycles. The molecule has 28 heavy (non-hydrogen) atoms. The third-order valence-electron chi connectivity index (χ3n) is 5.08. The van der Waals surface area contributed by atoms with Gasteiger partial charge in [0.2, 0.25) is 5.91 Å². The Morgan fingerprint density at radius 2 is 2.00 bits per heavy atom. The number of aromatic nitrogens is 1. The van der Waals surface area contributed by atoms with Crippen LogP contribution in [0.5, 0.6) is 0 Å². The highest BCUT2D eigenvalue weighted by Gasteiger charge is 2.23. The number of halogens is 1. The van der Waals surface area contributed by atoms with Crippen LogP contribution in [0, 0.1) is 12.7 Å². The van der Waals surface area contributed by atoms with E-state index in [4.69, 9.17) is 0 Å². The van der Waals surface area contributed by atoms with E-state index in [-0.39, 0.29) is 23.7 Å². The minimum atomic E-state index is -0.341. The van der Waals surface area contributed by atoms with Crippen LogP contribution in [0.15, 0.2) is 24.3 Å². The van der Waals surface area contributed by atoms with Crippen molar-refractivity contribution in [1.29, 1.82) is 0 Å². The monoisotopic (exact) mass is 386 g/mol. The SMILES string of the molecule is CCCNC(=O)CN1CCC(NC(=O)c2cc3ccc(F)cc3nc2C)CC1. The first kappa shape index (κ1) is 20.2. The normalized spacial score (nSPS) is 15.5. The number of aryl methyl sites for hydroxylation is 1.